The minimum atomic E-state index is -0.755. The van der Waals surface area contributed by atoms with Crippen LogP contribution in [0.2, 0.25) is 10.0 Å². The van der Waals surface area contributed by atoms with Crippen molar-refractivity contribution in [2.75, 3.05) is 5.32 Å². The van der Waals surface area contributed by atoms with Crippen LogP contribution in [-0.2, 0) is 11.3 Å². The first-order valence-corrected chi connectivity index (χ1v) is 10.5. The molecular formula is C20H19Cl2N3O3S. The molecule has 0 aliphatic rings. The quantitative estimate of drug-likeness (QED) is 0.433. The molecule has 0 bridgehead atoms. The zero-order chi connectivity index (χ0) is 21.1. The number of thioether (sulfide) groups is 1. The largest absolute Gasteiger partial charge is 0.392 e. The lowest BCUT2D eigenvalue weighted by molar-refractivity contribution is -0.115. The smallest absolute Gasteiger partial charge is 0.262 e. The Bertz CT molecular complexity index is 1120. The molecule has 29 heavy (non-hydrogen) atoms. The van der Waals surface area contributed by atoms with Crippen molar-refractivity contribution in [3.63, 3.8) is 0 Å². The molecule has 1 amide bonds. The first kappa shape index (κ1) is 21.6. The van der Waals surface area contributed by atoms with Crippen molar-refractivity contribution in [3.8, 4) is 0 Å². The fourth-order valence-electron chi connectivity index (χ4n) is 2.71. The molecule has 0 spiro atoms. The summed E-state index contributed by atoms with van der Waals surface area (Å²) in [6.45, 7) is 3.36. The second kappa shape index (κ2) is 9.17. The maximum atomic E-state index is 12.9. The maximum absolute atomic E-state index is 12.9. The Morgan fingerprint density at radius 3 is 2.62 bits per heavy atom. The van der Waals surface area contributed by atoms with Crippen LogP contribution in [0, 0.1) is 0 Å². The van der Waals surface area contributed by atoms with E-state index in [0.717, 1.165) is 11.8 Å². The number of aliphatic hydroxyl groups excluding tert-OH is 1. The van der Waals surface area contributed by atoms with Crippen LogP contribution in [0.4, 0.5) is 5.69 Å². The first-order chi connectivity index (χ1) is 13.7. The van der Waals surface area contributed by atoms with Gasteiger partial charge in [0.2, 0.25) is 5.91 Å². The van der Waals surface area contributed by atoms with Crippen molar-refractivity contribution >= 4 is 57.5 Å². The molecule has 1 heterocycles. The van der Waals surface area contributed by atoms with Crippen LogP contribution in [0.25, 0.3) is 10.9 Å². The summed E-state index contributed by atoms with van der Waals surface area (Å²) in [6, 6.07) is 11.7. The third-order valence-corrected chi connectivity index (χ3v) is 5.63. The molecule has 0 fully saturated rings. The first-order valence-electron chi connectivity index (χ1n) is 8.86. The summed E-state index contributed by atoms with van der Waals surface area (Å²) >= 11 is 13.1. The number of benzene rings is 2. The number of nitrogens with zero attached hydrogens (tertiary/aromatic N) is 2. The van der Waals surface area contributed by atoms with Crippen LogP contribution in [0.1, 0.15) is 13.8 Å². The molecule has 0 unspecified atom stereocenters. The lowest BCUT2D eigenvalue weighted by Crippen LogP contribution is -2.29. The van der Waals surface area contributed by atoms with Crippen LogP contribution < -0.4 is 10.9 Å². The van der Waals surface area contributed by atoms with E-state index in [-0.39, 0.29) is 18.0 Å². The van der Waals surface area contributed by atoms with E-state index in [9.17, 15) is 14.7 Å². The van der Waals surface area contributed by atoms with Crippen LogP contribution in [0.3, 0.4) is 0 Å². The minimum absolute atomic E-state index is 0.0648. The van der Waals surface area contributed by atoms with E-state index >= 15 is 0 Å². The number of nitrogens with one attached hydrogen (secondary N) is 1. The number of rotatable bonds is 6. The highest BCUT2D eigenvalue weighted by Gasteiger charge is 2.20. The van der Waals surface area contributed by atoms with Crippen molar-refractivity contribution in [2.45, 2.75) is 36.9 Å². The average molecular weight is 452 g/mol. The normalized spacial score (nSPS) is 13.3. The standard InChI is InChI=1S/C20H19Cl2N3O3S/c1-11(26)10-25-19(28)16-7-6-14(22)9-17(16)24-20(25)29-12(2)18(27)23-15-5-3-4-13(21)8-15/h3-9,11-12,26H,10H2,1-2H3,(H,23,27)/t11-,12-/m1/s1. The number of aliphatic hydroxyl groups is 1. The van der Waals surface area contributed by atoms with Crippen LogP contribution in [0.5, 0.6) is 0 Å². The maximum Gasteiger partial charge on any atom is 0.262 e. The van der Waals surface area contributed by atoms with Gasteiger partial charge in [-0.15, -0.1) is 0 Å². The number of aromatic nitrogens is 2. The van der Waals surface area contributed by atoms with Gasteiger partial charge >= 0.3 is 0 Å². The van der Waals surface area contributed by atoms with Gasteiger partial charge in [-0.3, -0.25) is 14.2 Å². The zero-order valence-corrected chi connectivity index (χ0v) is 18.1. The molecule has 6 nitrogen and oxygen atoms in total. The molecule has 0 saturated heterocycles. The van der Waals surface area contributed by atoms with Gasteiger partial charge in [0.25, 0.3) is 5.56 Å². The Kier molecular flexibility index (Phi) is 6.85. The zero-order valence-electron chi connectivity index (χ0n) is 15.7. The van der Waals surface area contributed by atoms with Crippen molar-refractivity contribution < 1.29 is 9.90 Å². The predicted octanol–water partition coefficient (Wildman–Crippen LogP) is 4.20. The Labute approximate surface area is 181 Å². The Balaban J connectivity index is 1.92. The van der Waals surface area contributed by atoms with Gasteiger partial charge in [-0.25, -0.2) is 4.98 Å². The number of carbonyl (C=O) groups is 1. The molecule has 3 aromatic rings. The number of fused-ring (bicyclic) bond motifs is 1. The number of hydrogen-bond donors (Lipinski definition) is 2. The van der Waals surface area contributed by atoms with E-state index in [1.54, 1.807) is 56.3 Å². The van der Waals surface area contributed by atoms with Gasteiger partial charge in [-0.05, 0) is 50.2 Å². The highest BCUT2D eigenvalue weighted by atomic mass is 35.5. The van der Waals surface area contributed by atoms with E-state index in [2.05, 4.69) is 10.3 Å². The van der Waals surface area contributed by atoms with E-state index in [4.69, 9.17) is 23.2 Å². The number of amides is 1. The lowest BCUT2D eigenvalue weighted by Gasteiger charge is -2.17. The molecule has 1 aromatic heterocycles. The van der Waals surface area contributed by atoms with Crippen molar-refractivity contribution in [1.29, 1.82) is 0 Å². The third-order valence-electron chi connectivity index (χ3n) is 4.07. The van der Waals surface area contributed by atoms with E-state index in [1.807, 2.05) is 0 Å². The minimum Gasteiger partial charge on any atom is -0.392 e. The summed E-state index contributed by atoms with van der Waals surface area (Å²) in [5, 5.41) is 13.8. The topological polar surface area (TPSA) is 84.2 Å². The molecule has 3 rings (SSSR count). The summed E-state index contributed by atoms with van der Waals surface area (Å²) < 4.78 is 1.38. The van der Waals surface area contributed by atoms with Gasteiger partial charge in [0.15, 0.2) is 5.16 Å². The fraction of sp³-hybridized carbons (Fsp3) is 0.250. The van der Waals surface area contributed by atoms with Gasteiger partial charge in [0, 0.05) is 15.7 Å². The molecule has 0 saturated carbocycles. The average Bonchev–Trinajstić information content (AvgIpc) is 2.64. The van der Waals surface area contributed by atoms with Gasteiger partial charge in [0.05, 0.1) is 28.8 Å². The van der Waals surface area contributed by atoms with Gasteiger partial charge in [-0.2, -0.15) is 0 Å². The molecule has 2 aromatic carbocycles. The summed E-state index contributed by atoms with van der Waals surface area (Å²) in [4.78, 5) is 30.0. The van der Waals surface area contributed by atoms with E-state index in [1.165, 1.54) is 4.57 Å². The van der Waals surface area contributed by atoms with Crippen LogP contribution in [0.15, 0.2) is 52.4 Å². The Hall–Kier alpha value is -2.06. The summed E-state index contributed by atoms with van der Waals surface area (Å²) in [7, 11) is 0. The van der Waals surface area contributed by atoms with Crippen molar-refractivity contribution in [2.24, 2.45) is 0 Å². The molecule has 0 radical (unpaired) electrons. The van der Waals surface area contributed by atoms with Gasteiger partial charge in [-0.1, -0.05) is 41.0 Å². The van der Waals surface area contributed by atoms with Crippen molar-refractivity contribution in [3.05, 3.63) is 62.9 Å². The van der Waals surface area contributed by atoms with Crippen LogP contribution >= 0.6 is 35.0 Å². The summed E-state index contributed by atoms with van der Waals surface area (Å²) in [5.41, 5.74) is 0.724. The Morgan fingerprint density at radius 2 is 1.93 bits per heavy atom. The second-order valence-corrected chi connectivity index (χ2v) is 8.76. The predicted molar refractivity (Wildman–Crippen MR) is 118 cm³/mol. The van der Waals surface area contributed by atoms with E-state index < -0.39 is 11.4 Å². The monoisotopic (exact) mass is 451 g/mol. The molecule has 2 atom stereocenters. The van der Waals surface area contributed by atoms with Crippen molar-refractivity contribution in [1.82, 2.24) is 9.55 Å². The summed E-state index contributed by atoms with van der Waals surface area (Å²) in [5.74, 6) is -0.263. The molecular weight excluding hydrogens is 433 g/mol. The number of carbonyl (C=O) groups excluding carboxylic acids is 1. The number of halogens is 2. The Morgan fingerprint density at radius 1 is 1.21 bits per heavy atom. The third kappa shape index (κ3) is 5.30. The number of hydrogen-bond acceptors (Lipinski definition) is 5. The summed E-state index contributed by atoms with van der Waals surface area (Å²) in [6.07, 6.45) is -0.755. The highest BCUT2D eigenvalue weighted by molar-refractivity contribution is 8.00. The number of anilines is 1. The highest BCUT2D eigenvalue weighted by Crippen LogP contribution is 2.25. The SMILES string of the molecule is C[C@@H](O)Cn1c(S[C@H](C)C(=O)Nc2cccc(Cl)c2)nc2cc(Cl)ccc2c1=O. The van der Waals surface area contributed by atoms with Crippen LogP contribution in [-0.4, -0.2) is 31.9 Å². The fourth-order valence-corrected chi connectivity index (χ4v) is 3.99. The van der Waals surface area contributed by atoms with Gasteiger partial charge < -0.3 is 10.4 Å². The molecule has 0 aliphatic heterocycles. The molecule has 2 N–H and O–H groups in total. The second-order valence-electron chi connectivity index (χ2n) is 6.58. The van der Waals surface area contributed by atoms with E-state index in [0.29, 0.717) is 31.8 Å². The molecule has 152 valence electrons. The van der Waals surface area contributed by atoms with Gasteiger partial charge in [0.1, 0.15) is 0 Å². The lowest BCUT2D eigenvalue weighted by atomic mass is 10.2. The molecule has 0 aliphatic carbocycles. The molecule has 9 heteroatoms.